The van der Waals surface area contributed by atoms with E-state index >= 15 is 0 Å². The van der Waals surface area contributed by atoms with E-state index in [4.69, 9.17) is 0 Å². The minimum atomic E-state index is -0.166. The highest BCUT2D eigenvalue weighted by Gasteiger charge is 2.34. The van der Waals surface area contributed by atoms with Crippen molar-refractivity contribution in [3.8, 4) is 0 Å². The quantitative estimate of drug-likeness (QED) is 0.385. The summed E-state index contributed by atoms with van der Waals surface area (Å²) < 4.78 is 0. The fraction of sp³-hybridized carbons (Fsp3) is 0.231. The first-order valence-electron chi connectivity index (χ1n) is 10.5. The monoisotopic (exact) mass is 398 g/mol. The van der Waals surface area contributed by atoms with Crippen LogP contribution in [0.3, 0.4) is 0 Å². The Hall–Kier alpha value is -3.24. The lowest BCUT2D eigenvalue weighted by Crippen LogP contribution is -2.31. The number of imide groups is 1. The third-order valence-electron chi connectivity index (χ3n) is 5.48. The molecule has 0 saturated carbocycles. The van der Waals surface area contributed by atoms with E-state index in [1.165, 1.54) is 16.0 Å². The Balaban J connectivity index is 1.33. The van der Waals surface area contributed by atoms with Crippen molar-refractivity contribution in [1.29, 1.82) is 0 Å². The van der Waals surface area contributed by atoms with Crippen molar-refractivity contribution in [2.24, 2.45) is 0 Å². The molecule has 0 aromatic heterocycles. The molecule has 0 N–H and O–H groups in total. The minimum Gasteiger partial charge on any atom is -0.295 e. The molecule has 0 atom stereocenters. The van der Waals surface area contributed by atoms with Crippen molar-refractivity contribution in [3.05, 3.63) is 107 Å². The molecule has 0 bridgehead atoms. The Morgan fingerprint density at radius 1 is 0.600 bits per heavy atom. The fourth-order valence-electron chi connectivity index (χ4n) is 3.94. The summed E-state index contributed by atoms with van der Waals surface area (Å²) in [7, 11) is 0. The van der Waals surface area contributed by atoms with Crippen molar-refractivity contribution in [3.63, 3.8) is 0 Å². The lowest BCUT2D eigenvalue weighted by Gasteiger charge is -2.23. The number of rotatable bonds is 9. The Bertz CT molecular complexity index is 925. The SMILES string of the molecule is O=C1c2ccccc2C(=O)N1CCCCN(Cc1ccccc1)Cc1ccccc1. The van der Waals surface area contributed by atoms with Crippen LogP contribution in [0.5, 0.6) is 0 Å². The third kappa shape index (κ3) is 4.66. The van der Waals surface area contributed by atoms with Crippen LogP contribution in [-0.2, 0) is 13.1 Å². The average molecular weight is 399 g/mol. The summed E-state index contributed by atoms with van der Waals surface area (Å²) >= 11 is 0. The summed E-state index contributed by atoms with van der Waals surface area (Å²) in [6.45, 7) is 3.13. The first-order chi connectivity index (χ1) is 14.7. The van der Waals surface area contributed by atoms with Crippen LogP contribution in [0.15, 0.2) is 84.9 Å². The van der Waals surface area contributed by atoms with Crippen LogP contribution in [-0.4, -0.2) is 34.7 Å². The van der Waals surface area contributed by atoms with Gasteiger partial charge in [0.25, 0.3) is 11.8 Å². The number of carbonyl (C=O) groups excluding carboxylic acids is 2. The zero-order valence-electron chi connectivity index (χ0n) is 17.0. The van der Waals surface area contributed by atoms with E-state index in [1.54, 1.807) is 24.3 Å². The molecule has 3 aromatic rings. The van der Waals surface area contributed by atoms with E-state index in [0.29, 0.717) is 17.7 Å². The van der Waals surface area contributed by atoms with Gasteiger partial charge in [0.05, 0.1) is 11.1 Å². The molecule has 0 aliphatic carbocycles. The van der Waals surface area contributed by atoms with Gasteiger partial charge in [-0.3, -0.25) is 19.4 Å². The van der Waals surface area contributed by atoms with E-state index < -0.39 is 0 Å². The van der Waals surface area contributed by atoms with Gasteiger partial charge in [0.2, 0.25) is 0 Å². The van der Waals surface area contributed by atoms with Gasteiger partial charge in [0.1, 0.15) is 0 Å². The highest BCUT2D eigenvalue weighted by Crippen LogP contribution is 2.22. The predicted molar refractivity (Wildman–Crippen MR) is 118 cm³/mol. The Kier molecular flexibility index (Phi) is 6.35. The van der Waals surface area contributed by atoms with Crippen molar-refractivity contribution in [2.75, 3.05) is 13.1 Å². The van der Waals surface area contributed by atoms with Gasteiger partial charge in [0, 0.05) is 19.6 Å². The summed E-state index contributed by atoms with van der Waals surface area (Å²) in [6.07, 6.45) is 1.72. The van der Waals surface area contributed by atoms with E-state index in [0.717, 1.165) is 32.5 Å². The summed E-state index contributed by atoms with van der Waals surface area (Å²) in [5.74, 6) is -0.331. The van der Waals surface area contributed by atoms with Gasteiger partial charge in [-0.25, -0.2) is 0 Å². The van der Waals surface area contributed by atoms with Crippen molar-refractivity contribution in [2.45, 2.75) is 25.9 Å². The second-order valence-corrected chi connectivity index (χ2v) is 7.70. The van der Waals surface area contributed by atoms with Crippen LogP contribution in [0.2, 0.25) is 0 Å². The molecule has 4 heteroatoms. The van der Waals surface area contributed by atoms with Gasteiger partial charge in [-0.15, -0.1) is 0 Å². The Morgan fingerprint density at radius 3 is 1.57 bits per heavy atom. The van der Waals surface area contributed by atoms with Crippen LogP contribution in [0.4, 0.5) is 0 Å². The molecule has 30 heavy (non-hydrogen) atoms. The second kappa shape index (κ2) is 9.51. The number of hydrogen-bond acceptors (Lipinski definition) is 3. The number of carbonyl (C=O) groups is 2. The normalized spacial score (nSPS) is 13.2. The maximum atomic E-state index is 12.5. The molecule has 0 radical (unpaired) electrons. The summed E-state index contributed by atoms with van der Waals surface area (Å²) in [6, 6.07) is 28.0. The lowest BCUT2D eigenvalue weighted by atomic mass is 10.1. The molecule has 1 heterocycles. The van der Waals surface area contributed by atoms with E-state index in [1.807, 2.05) is 12.1 Å². The van der Waals surface area contributed by atoms with Gasteiger partial charge in [-0.1, -0.05) is 72.8 Å². The van der Waals surface area contributed by atoms with Crippen LogP contribution in [0.25, 0.3) is 0 Å². The topological polar surface area (TPSA) is 40.6 Å². The molecule has 2 amide bonds. The second-order valence-electron chi connectivity index (χ2n) is 7.70. The van der Waals surface area contributed by atoms with E-state index in [9.17, 15) is 9.59 Å². The average Bonchev–Trinajstić information content (AvgIpc) is 3.03. The van der Waals surface area contributed by atoms with Gasteiger partial charge >= 0.3 is 0 Å². The van der Waals surface area contributed by atoms with Crippen LogP contribution in [0.1, 0.15) is 44.7 Å². The molecule has 0 saturated heterocycles. The molecule has 3 aromatic carbocycles. The minimum absolute atomic E-state index is 0.166. The van der Waals surface area contributed by atoms with Gasteiger partial charge in [0.15, 0.2) is 0 Å². The van der Waals surface area contributed by atoms with Gasteiger partial charge in [-0.05, 0) is 42.6 Å². The molecule has 1 aliphatic rings. The summed E-state index contributed by atoms with van der Waals surface area (Å²) in [4.78, 5) is 28.8. The van der Waals surface area contributed by atoms with Crippen molar-refractivity contribution < 1.29 is 9.59 Å². The standard InChI is InChI=1S/C26H26N2O2/c29-25-23-15-7-8-16-24(23)26(30)28(25)18-10-9-17-27(19-21-11-3-1-4-12-21)20-22-13-5-2-6-14-22/h1-8,11-16H,9-10,17-20H2. The van der Waals surface area contributed by atoms with Crippen LogP contribution >= 0.6 is 0 Å². The molecule has 4 rings (SSSR count). The number of benzene rings is 3. The van der Waals surface area contributed by atoms with E-state index in [2.05, 4.69) is 53.4 Å². The van der Waals surface area contributed by atoms with Gasteiger partial charge < -0.3 is 0 Å². The number of nitrogens with zero attached hydrogens (tertiary/aromatic N) is 2. The Morgan fingerprint density at radius 2 is 1.07 bits per heavy atom. The third-order valence-corrected chi connectivity index (χ3v) is 5.48. The number of hydrogen-bond donors (Lipinski definition) is 0. The molecule has 0 unspecified atom stereocenters. The van der Waals surface area contributed by atoms with Crippen LogP contribution in [0, 0.1) is 0 Å². The molecule has 1 aliphatic heterocycles. The van der Waals surface area contributed by atoms with Crippen molar-refractivity contribution >= 4 is 11.8 Å². The molecular formula is C26H26N2O2. The first-order valence-corrected chi connectivity index (χ1v) is 10.5. The Labute approximate surface area is 177 Å². The highest BCUT2D eigenvalue weighted by atomic mass is 16.2. The van der Waals surface area contributed by atoms with E-state index in [-0.39, 0.29) is 11.8 Å². The highest BCUT2D eigenvalue weighted by molar-refractivity contribution is 6.21. The largest absolute Gasteiger partial charge is 0.295 e. The first kappa shape index (κ1) is 20.0. The molecule has 152 valence electrons. The number of unbranched alkanes of at least 4 members (excludes halogenated alkanes) is 1. The van der Waals surface area contributed by atoms with Gasteiger partial charge in [-0.2, -0.15) is 0 Å². The smallest absolute Gasteiger partial charge is 0.261 e. The predicted octanol–water partition coefficient (Wildman–Crippen LogP) is 4.77. The molecule has 4 nitrogen and oxygen atoms in total. The molecule has 0 spiro atoms. The zero-order chi connectivity index (χ0) is 20.8. The maximum Gasteiger partial charge on any atom is 0.261 e. The maximum absolute atomic E-state index is 12.5. The summed E-state index contributed by atoms with van der Waals surface area (Å²) in [5, 5.41) is 0. The molecular weight excluding hydrogens is 372 g/mol. The summed E-state index contributed by atoms with van der Waals surface area (Å²) in [5.41, 5.74) is 3.62. The fourth-order valence-corrected chi connectivity index (χ4v) is 3.94. The molecule has 0 fully saturated rings. The van der Waals surface area contributed by atoms with Crippen molar-refractivity contribution in [1.82, 2.24) is 9.80 Å². The number of fused-ring (bicyclic) bond motifs is 1. The lowest BCUT2D eigenvalue weighted by molar-refractivity contribution is 0.0650. The zero-order valence-corrected chi connectivity index (χ0v) is 17.0. The van der Waals surface area contributed by atoms with Crippen LogP contribution < -0.4 is 0 Å². The number of amides is 2.